The lowest BCUT2D eigenvalue weighted by atomic mass is 9.95. The van der Waals surface area contributed by atoms with Gasteiger partial charge in [0.2, 0.25) is 0 Å². The Kier molecular flexibility index (Phi) is 3.78. The number of ketones is 2. The van der Waals surface area contributed by atoms with E-state index in [2.05, 4.69) is 0 Å². The molecule has 0 aromatic rings. The van der Waals surface area contributed by atoms with Crippen LogP contribution in [0.15, 0.2) is 0 Å². The van der Waals surface area contributed by atoms with Crippen LogP contribution in [0.2, 0.25) is 0 Å². The smallest absolute Gasteiger partial charge is 0.286 e. The van der Waals surface area contributed by atoms with E-state index in [-0.39, 0.29) is 0 Å². The highest BCUT2D eigenvalue weighted by atomic mass is 19.4. The van der Waals surface area contributed by atoms with Crippen LogP contribution in [0, 0.1) is 0 Å². The molecule has 0 spiro atoms. The molecule has 0 atom stereocenters. The lowest BCUT2D eigenvalue weighted by molar-refractivity contribution is -0.324. The number of hydrogen-bond donors (Lipinski definition) is 0. The molecule has 0 saturated heterocycles. The van der Waals surface area contributed by atoms with Crippen molar-refractivity contribution in [3.63, 3.8) is 0 Å². The maximum atomic E-state index is 12.7. The van der Waals surface area contributed by atoms with Crippen molar-refractivity contribution in [2.45, 2.75) is 24.2 Å². The molecule has 0 unspecified atom stereocenters. The molecule has 106 valence electrons. The van der Waals surface area contributed by atoms with Gasteiger partial charge in [0, 0.05) is 0 Å². The first-order chi connectivity index (χ1) is 7.57. The highest BCUT2D eigenvalue weighted by molar-refractivity contribution is 6.42. The van der Waals surface area contributed by atoms with E-state index in [9.17, 15) is 53.5 Å². The summed E-state index contributed by atoms with van der Waals surface area (Å²) in [6.07, 6.45) is -20.5. The van der Waals surface area contributed by atoms with Crippen molar-refractivity contribution in [3.8, 4) is 0 Å². The van der Waals surface area contributed by atoms with Crippen molar-refractivity contribution in [1.82, 2.24) is 0 Å². The zero-order chi connectivity index (χ0) is 15.2. The van der Waals surface area contributed by atoms with Crippen molar-refractivity contribution in [2.24, 2.45) is 0 Å². The number of alkyl halides is 10. The number of halogens is 10. The SMILES string of the molecule is O=C(C(=O)C(F)(C(F)(F)F)C(F)(F)F)C(F)(F)F. The molecule has 0 aliphatic rings. The van der Waals surface area contributed by atoms with Gasteiger partial charge in [-0.05, 0) is 0 Å². The minimum Gasteiger partial charge on any atom is -0.286 e. The van der Waals surface area contributed by atoms with Crippen molar-refractivity contribution < 1.29 is 53.5 Å². The fourth-order valence-corrected chi connectivity index (χ4v) is 0.703. The molecule has 0 aromatic heterocycles. The Balaban J connectivity index is 5.83. The quantitative estimate of drug-likeness (QED) is 0.579. The minimum atomic E-state index is -7.05. The molecule has 0 amide bonds. The lowest BCUT2D eigenvalue weighted by Crippen LogP contribution is -2.62. The Morgan fingerprint density at radius 2 is 0.833 bits per heavy atom. The lowest BCUT2D eigenvalue weighted by Gasteiger charge is -2.27. The van der Waals surface area contributed by atoms with Crippen LogP contribution in [0.1, 0.15) is 0 Å². The second-order valence-corrected chi connectivity index (χ2v) is 2.81. The molecule has 0 bridgehead atoms. The first-order valence-corrected chi connectivity index (χ1v) is 3.55. The molecule has 0 aliphatic heterocycles. The summed E-state index contributed by atoms with van der Waals surface area (Å²) in [4.78, 5) is 20.2. The van der Waals surface area contributed by atoms with E-state index in [1.54, 1.807) is 0 Å². The van der Waals surface area contributed by atoms with Crippen LogP contribution in [0.25, 0.3) is 0 Å². The van der Waals surface area contributed by atoms with Crippen LogP contribution in [0.3, 0.4) is 0 Å². The Morgan fingerprint density at radius 1 is 0.556 bits per heavy atom. The maximum Gasteiger partial charge on any atom is 0.458 e. The molecule has 0 rings (SSSR count). The van der Waals surface area contributed by atoms with Gasteiger partial charge in [-0.25, -0.2) is 4.39 Å². The fourth-order valence-electron chi connectivity index (χ4n) is 0.703. The predicted molar refractivity (Wildman–Crippen MR) is 32.0 cm³/mol. The molecule has 12 heteroatoms. The Bertz CT molecular complexity index is 344. The van der Waals surface area contributed by atoms with Crippen LogP contribution < -0.4 is 0 Å². The number of hydrogen-bond acceptors (Lipinski definition) is 2. The second-order valence-electron chi connectivity index (χ2n) is 2.81. The van der Waals surface area contributed by atoms with Crippen molar-refractivity contribution in [3.05, 3.63) is 0 Å². The standard InChI is InChI=1S/C6F10O2/c7-3(5(11,12)13,6(14,15)16)1(17)2(18)4(8,9)10. The summed E-state index contributed by atoms with van der Waals surface area (Å²) in [5.74, 6) is -8.37. The summed E-state index contributed by atoms with van der Waals surface area (Å²) in [6, 6.07) is 0. The molecular weight excluding hydrogens is 294 g/mol. The zero-order valence-corrected chi connectivity index (χ0v) is 7.60. The topological polar surface area (TPSA) is 34.1 Å². The van der Waals surface area contributed by atoms with Crippen LogP contribution >= 0.6 is 0 Å². The predicted octanol–water partition coefficient (Wildman–Crippen LogP) is 2.52. The Morgan fingerprint density at radius 3 is 1.00 bits per heavy atom. The van der Waals surface area contributed by atoms with Gasteiger partial charge in [-0.1, -0.05) is 0 Å². The zero-order valence-electron chi connectivity index (χ0n) is 7.60. The first-order valence-electron chi connectivity index (χ1n) is 3.55. The summed E-state index contributed by atoms with van der Waals surface area (Å²) < 4.78 is 118. The van der Waals surface area contributed by atoms with Gasteiger partial charge >= 0.3 is 30.0 Å². The summed E-state index contributed by atoms with van der Waals surface area (Å²) in [5.41, 5.74) is -6.90. The average molecular weight is 294 g/mol. The van der Waals surface area contributed by atoms with Crippen LogP contribution in [-0.4, -0.2) is 35.8 Å². The third-order valence-electron chi connectivity index (χ3n) is 1.56. The first kappa shape index (κ1) is 16.6. The minimum absolute atomic E-state index is 4.08. The third kappa shape index (κ3) is 2.56. The van der Waals surface area contributed by atoms with Gasteiger partial charge in [0.05, 0.1) is 0 Å². The van der Waals surface area contributed by atoms with E-state index >= 15 is 0 Å². The van der Waals surface area contributed by atoms with Gasteiger partial charge in [-0.3, -0.25) is 9.59 Å². The van der Waals surface area contributed by atoms with Gasteiger partial charge in [-0.2, -0.15) is 39.5 Å². The molecule has 0 heterocycles. The van der Waals surface area contributed by atoms with Crippen LogP contribution in [0.4, 0.5) is 43.9 Å². The number of Topliss-reactive ketones (excluding diaryl/α,β-unsaturated/α-hetero) is 2. The summed E-state index contributed by atoms with van der Waals surface area (Å²) in [7, 11) is 0. The fraction of sp³-hybridized carbons (Fsp3) is 0.667. The summed E-state index contributed by atoms with van der Waals surface area (Å²) in [5, 5.41) is 0. The molecule has 0 aliphatic carbocycles. The van der Waals surface area contributed by atoms with Gasteiger partial charge in [0.1, 0.15) is 0 Å². The van der Waals surface area contributed by atoms with E-state index in [1.165, 1.54) is 0 Å². The Hall–Kier alpha value is -1.36. The second kappa shape index (κ2) is 4.09. The molecule has 0 aromatic carbocycles. The third-order valence-corrected chi connectivity index (χ3v) is 1.56. The van der Waals surface area contributed by atoms with E-state index < -0.39 is 35.8 Å². The van der Waals surface area contributed by atoms with E-state index in [4.69, 9.17) is 0 Å². The van der Waals surface area contributed by atoms with Gasteiger partial charge in [0.15, 0.2) is 0 Å². The van der Waals surface area contributed by atoms with E-state index in [1.807, 2.05) is 0 Å². The van der Waals surface area contributed by atoms with Gasteiger partial charge in [0.25, 0.3) is 5.78 Å². The van der Waals surface area contributed by atoms with Crippen LogP contribution in [0.5, 0.6) is 0 Å². The molecular formula is C6F10O2. The highest BCUT2D eigenvalue weighted by Crippen LogP contribution is 2.47. The van der Waals surface area contributed by atoms with Crippen LogP contribution in [-0.2, 0) is 9.59 Å². The largest absolute Gasteiger partial charge is 0.458 e. The van der Waals surface area contributed by atoms with E-state index in [0.717, 1.165) is 0 Å². The van der Waals surface area contributed by atoms with E-state index in [0.29, 0.717) is 0 Å². The number of carbonyl (C=O) groups excluding carboxylic acids is 2. The maximum absolute atomic E-state index is 12.7. The molecule has 0 radical (unpaired) electrons. The van der Waals surface area contributed by atoms with Crippen molar-refractivity contribution in [2.75, 3.05) is 0 Å². The monoisotopic (exact) mass is 294 g/mol. The summed E-state index contributed by atoms with van der Waals surface area (Å²) in [6.45, 7) is 0. The normalized spacial score (nSPS) is 14.6. The van der Waals surface area contributed by atoms with Crippen molar-refractivity contribution >= 4 is 11.6 Å². The van der Waals surface area contributed by atoms with Gasteiger partial charge < -0.3 is 0 Å². The summed E-state index contributed by atoms with van der Waals surface area (Å²) >= 11 is 0. The highest BCUT2D eigenvalue weighted by Gasteiger charge is 2.79. The Labute approximate surface area is 90.5 Å². The molecule has 0 fully saturated rings. The van der Waals surface area contributed by atoms with Gasteiger partial charge in [-0.15, -0.1) is 0 Å². The molecule has 2 nitrogen and oxygen atoms in total. The number of carbonyl (C=O) groups is 2. The average Bonchev–Trinajstić information content (AvgIpc) is 2.08. The molecule has 0 N–H and O–H groups in total. The number of rotatable bonds is 2. The molecule has 18 heavy (non-hydrogen) atoms. The molecule has 0 saturated carbocycles. The van der Waals surface area contributed by atoms with Crippen molar-refractivity contribution in [1.29, 1.82) is 0 Å².